The van der Waals surface area contributed by atoms with E-state index in [1.165, 1.54) is 0 Å². The molecule has 0 saturated carbocycles. The molecule has 0 aliphatic heterocycles. The van der Waals surface area contributed by atoms with Crippen molar-refractivity contribution in [1.82, 2.24) is 0 Å². The zero-order valence-electron chi connectivity index (χ0n) is 4.20. The Morgan fingerprint density at radius 2 is 2.38 bits per heavy atom. The quantitative estimate of drug-likeness (QED) is 0.505. The molecule has 0 bridgehead atoms. The van der Waals surface area contributed by atoms with E-state index in [0.29, 0.717) is 0 Å². The van der Waals surface area contributed by atoms with Gasteiger partial charge in [0.25, 0.3) is 0 Å². The third kappa shape index (κ3) is 4.15. The van der Waals surface area contributed by atoms with Gasteiger partial charge < -0.3 is 14.7 Å². The van der Waals surface area contributed by atoms with Crippen LogP contribution >= 0.6 is 8.69 Å². The summed E-state index contributed by atoms with van der Waals surface area (Å²) in [6.45, 7) is -0.428. The van der Waals surface area contributed by atoms with Crippen LogP contribution in [0, 0.1) is 0 Å². The summed E-state index contributed by atoms with van der Waals surface area (Å²) in [4.78, 5) is 0. The number of hydrogen-bond acceptors (Lipinski definition) is 4. The number of hydrogen-bond donors (Lipinski definition) is 2. The highest BCUT2D eigenvalue weighted by atomic mass is 31.1. The van der Waals surface area contributed by atoms with Crippen molar-refractivity contribution in [2.75, 3.05) is 13.2 Å². The van der Waals surface area contributed by atoms with Crippen LogP contribution in [0.1, 0.15) is 0 Å². The van der Waals surface area contributed by atoms with E-state index >= 15 is 0 Å². The molecule has 2 unspecified atom stereocenters. The van der Waals surface area contributed by atoms with Crippen LogP contribution in [0.25, 0.3) is 0 Å². The first kappa shape index (κ1) is 7.98. The van der Waals surface area contributed by atoms with E-state index in [1.54, 1.807) is 0 Å². The van der Waals surface area contributed by atoms with Gasteiger partial charge in [0, 0.05) is 0 Å². The van der Waals surface area contributed by atoms with E-state index in [4.69, 9.17) is 10.2 Å². The Labute approximate surface area is 48.4 Å². The molecule has 0 aromatic carbocycles. The Hall–Kier alpha value is -0.0200. The average molecular weight is 139 g/mol. The van der Waals surface area contributed by atoms with Crippen LogP contribution in [0.4, 0.5) is 0 Å². The molecule has 5 heteroatoms. The third-order valence-corrected chi connectivity index (χ3v) is 0.830. The summed E-state index contributed by atoms with van der Waals surface area (Å²) in [7, 11) is -0.868. The van der Waals surface area contributed by atoms with Crippen LogP contribution in [-0.4, -0.2) is 29.5 Å². The SMILES string of the molecule is O=[PH]OCC(O)CO. The maximum atomic E-state index is 9.56. The average Bonchev–Trinajstić information content (AvgIpc) is 1.83. The molecule has 2 atom stereocenters. The number of aliphatic hydroxyl groups excluding tert-OH is 2. The molecule has 0 aromatic rings. The summed E-state index contributed by atoms with van der Waals surface area (Å²) in [5, 5.41) is 16.6. The van der Waals surface area contributed by atoms with E-state index in [-0.39, 0.29) is 13.2 Å². The molecule has 0 aliphatic rings. The zero-order valence-corrected chi connectivity index (χ0v) is 5.20. The Kier molecular flexibility index (Phi) is 5.11. The Morgan fingerprint density at radius 1 is 1.75 bits per heavy atom. The lowest BCUT2D eigenvalue weighted by Crippen LogP contribution is -2.16. The van der Waals surface area contributed by atoms with Gasteiger partial charge in [0.1, 0.15) is 6.10 Å². The van der Waals surface area contributed by atoms with Gasteiger partial charge in [-0.25, -0.2) is 0 Å². The molecule has 0 aromatic heterocycles. The summed E-state index contributed by atoms with van der Waals surface area (Å²) >= 11 is 0. The standard InChI is InChI=1S/C3H8O4P/c4-1-3(5)2-7-8-6/h3-5,8H,1-2H2. The normalized spacial score (nSPS) is 14.2. The molecular weight excluding hydrogens is 131 g/mol. The number of aliphatic hydroxyl groups is 2. The molecule has 0 aliphatic carbocycles. The van der Waals surface area contributed by atoms with Crippen LogP contribution in [0.3, 0.4) is 0 Å². The molecule has 1 radical (unpaired) electrons. The monoisotopic (exact) mass is 139 g/mol. The lowest BCUT2D eigenvalue weighted by atomic mass is 10.4. The van der Waals surface area contributed by atoms with Crippen LogP contribution < -0.4 is 0 Å². The van der Waals surface area contributed by atoms with Crippen LogP contribution in [0.2, 0.25) is 0 Å². The zero-order chi connectivity index (χ0) is 6.41. The molecule has 49 valence electrons. The first-order valence-corrected chi connectivity index (χ1v) is 2.90. The summed E-state index contributed by atoms with van der Waals surface area (Å²) < 4.78 is 13.8. The highest BCUT2D eigenvalue weighted by Crippen LogP contribution is 1.94. The summed E-state index contributed by atoms with van der Waals surface area (Å²) in [5.74, 6) is 0. The maximum absolute atomic E-state index is 9.56. The molecule has 0 saturated heterocycles. The molecule has 2 N–H and O–H groups in total. The molecule has 0 spiro atoms. The van der Waals surface area contributed by atoms with Crippen LogP contribution in [0.5, 0.6) is 0 Å². The van der Waals surface area contributed by atoms with E-state index < -0.39 is 14.8 Å². The molecule has 8 heavy (non-hydrogen) atoms. The molecule has 0 amide bonds. The highest BCUT2D eigenvalue weighted by Gasteiger charge is 1.98. The smallest absolute Gasteiger partial charge is 0.198 e. The summed E-state index contributed by atoms with van der Waals surface area (Å²) in [5.41, 5.74) is 0. The van der Waals surface area contributed by atoms with Crippen LogP contribution in [-0.2, 0) is 9.09 Å². The largest absolute Gasteiger partial charge is 0.394 e. The van der Waals surface area contributed by atoms with E-state index in [1.807, 2.05) is 0 Å². The van der Waals surface area contributed by atoms with E-state index in [2.05, 4.69) is 4.52 Å². The second-order valence-electron chi connectivity index (χ2n) is 1.23. The van der Waals surface area contributed by atoms with Gasteiger partial charge in [-0.3, -0.25) is 4.57 Å². The van der Waals surface area contributed by atoms with Gasteiger partial charge in [-0.05, 0) is 0 Å². The predicted molar refractivity (Wildman–Crippen MR) is 28.0 cm³/mol. The second-order valence-corrected chi connectivity index (χ2v) is 1.69. The Morgan fingerprint density at radius 3 is 2.75 bits per heavy atom. The second kappa shape index (κ2) is 5.12. The van der Waals surface area contributed by atoms with Crippen molar-refractivity contribution in [2.24, 2.45) is 0 Å². The lowest BCUT2D eigenvalue weighted by Gasteiger charge is -2.00. The van der Waals surface area contributed by atoms with E-state index in [9.17, 15) is 4.57 Å². The topological polar surface area (TPSA) is 66.8 Å². The van der Waals surface area contributed by atoms with Crippen molar-refractivity contribution in [2.45, 2.75) is 6.10 Å². The third-order valence-electron chi connectivity index (χ3n) is 0.545. The highest BCUT2D eigenvalue weighted by molar-refractivity contribution is 7.17. The van der Waals surface area contributed by atoms with Crippen molar-refractivity contribution in [3.05, 3.63) is 0 Å². The van der Waals surface area contributed by atoms with Crippen molar-refractivity contribution in [1.29, 1.82) is 0 Å². The summed E-state index contributed by atoms with van der Waals surface area (Å²) in [6, 6.07) is 0. The molecule has 4 nitrogen and oxygen atoms in total. The lowest BCUT2D eigenvalue weighted by molar-refractivity contribution is 0.0577. The fourth-order valence-electron chi connectivity index (χ4n) is 0.183. The van der Waals surface area contributed by atoms with Gasteiger partial charge in [-0.2, -0.15) is 0 Å². The van der Waals surface area contributed by atoms with Crippen molar-refractivity contribution < 1.29 is 19.3 Å². The first-order chi connectivity index (χ1) is 3.81. The number of rotatable bonds is 4. The molecule has 0 heterocycles. The maximum Gasteiger partial charge on any atom is 0.198 e. The summed E-state index contributed by atoms with van der Waals surface area (Å²) in [6.07, 6.45) is -0.906. The molecular formula is C3H8O4P. The van der Waals surface area contributed by atoms with Crippen molar-refractivity contribution >= 4 is 8.69 Å². The van der Waals surface area contributed by atoms with Gasteiger partial charge in [0.15, 0.2) is 8.69 Å². The minimum atomic E-state index is -0.906. The first-order valence-electron chi connectivity index (χ1n) is 2.09. The molecule has 0 rings (SSSR count). The fraction of sp³-hybridized carbons (Fsp3) is 1.00. The minimum absolute atomic E-state index is 0.0710. The van der Waals surface area contributed by atoms with Gasteiger partial charge in [0.2, 0.25) is 0 Å². The van der Waals surface area contributed by atoms with Gasteiger partial charge in [-0.15, -0.1) is 0 Å². The van der Waals surface area contributed by atoms with Crippen molar-refractivity contribution in [3.8, 4) is 0 Å². The predicted octanol–water partition coefficient (Wildman–Crippen LogP) is -0.705. The minimum Gasteiger partial charge on any atom is -0.394 e. The molecule has 0 fully saturated rings. The van der Waals surface area contributed by atoms with Gasteiger partial charge in [0.05, 0.1) is 13.2 Å². The Bertz CT molecular complexity index is 66.3. The van der Waals surface area contributed by atoms with Crippen LogP contribution in [0.15, 0.2) is 0 Å². The van der Waals surface area contributed by atoms with Gasteiger partial charge in [-0.1, -0.05) is 0 Å². The Balaban J connectivity index is 2.97. The van der Waals surface area contributed by atoms with E-state index in [0.717, 1.165) is 0 Å². The van der Waals surface area contributed by atoms with Gasteiger partial charge >= 0.3 is 0 Å². The van der Waals surface area contributed by atoms with Crippen molar-refractivity contribution in [3.63, 3.8) is 0 Å². The fourth-order valence-corrected chi connectivity index (χ4v) is 0.443.